The normalized spacial score (nSPS) is 14.0. The number of benzene rings is 3. The monoisotopic (exact) mass is 369 g/mol. The number of nitrogens with zero attached hydrogens (tertiary/aromatic N) is 3. The maximum Gasteiger partial charge on any atom is 0.263 e. The molecule has 0 saturated carbocycles. The Balaban J connectivity index is 1.35. The van der Waals surface area contributed by atoms with Gasteiger partial charge in [-0.25, -0.2) is 4.68 Å². The van der Waals surface area contributed by atoms with Crippen molar-refractivity contribution in [3.63, 3.8) is 0 Å². The molecule has 1 aliphatic rings. The number of aromatic nitrogens is 2. The van der Waals surface area contributed by atoms with E-state index in [-0.39, 0.29) is 5.91 Å². The van der Waals surface area contributed by atoms with E-state index in [4.69, 9.17) is 0 Å². The van der Waals surface area contributed by atoms with Crippen molar-refractivity contribution in [2.24, 2.45) is 0 Å². The van der Waals surface area contributed by atoms with E-state index in [1.807, 2.05) is 70.4 Å². The van der Waals surface area contributed by atoms with Gasteiger partial charge >= 0.3 is 0 Å². The van der Waals surface area contributed by atoms with Gasteiger partial charge in [-0.05, 0) is 29.7 Å². The average Bonchev–Trinajstić information content (AvgIpc) is 3.29. The minimum absolute atomic E-state index is 0.0890. The molecule has 0 radical (unpaired) electrons. The van der Waals surface area contributed by atoms with E-state index in [0.717, 1.165) is 39.8 Å². The van der Waals surface area contributed by atoms with Crippen LogP contribution in [0.5, 0.6) is 0 Å². The van der Waals surface area contributed by atoms with Gasteiger partial charge in [0.05, 0.1) is 30.2 Å². The third-order valence-electron chi connectivity index (χ3n) is 5.24. The molecule has 5 nitrogen and oxygen atoms in total. The lowest BCUT2D eigenvalue weighted by molar-refractivity contribution is -0.892. The standard InChI is InChI=1S/C23H20N4O/c1-25(14-17-13-24-27(15-17)19-9-3-2-4-10-19)16-26-21-12-6-8-18-7-5-11-20(22(18)21)23(26)28/h2-13,15H,14,16H2,1H3/p+1. The van der Waals surface area contributed by atoms with Crippen LogP contribution in [0.2, 0.25) is 0 Å². The van der Waals surface area contributed by atoms with Crippen molar-refractivity contribution in [2.75, 3.05) is 18.6 Å². The Labute approximate surface area is 163 Å². The molecule has 0 bridgehead atoms. The number of carbonyl (C=O) groups excluding carboxylic acids is 1. The zero-order valence-electron chi connectivity index (χ0n) is 15.7. The van der Waals surface area contributed by atoms with E-state index in [9.17, 15) is 4.79 Å². The van der Waals surface area contributed by atoms with Gasteiger partial charge in [-0.15, -0.1) is 0 Å². The van der Waals surface area contributed by atoms with Crippen molar-refractivity contribution in [2.45, 2.75) is 6.54 Å². The number of hydrogen-bond donors (Lipinski definition) is 1. The van der Waals surface area contributed by atoms with Gasteiger partial charge in [-0.3, -0.25) is 9.69 Å². The maximum absolute atomic E-state index is 13.0. The van der Waals surface area contributed by atoms with E-state index in [2.05, 4.69) is 30.5 Å². The zero-order valence-corrected chi connectivity index (χ0v) is 15.7. The Hall–Kier alpha value is -3.44. The third kappa shape index (κ3) is 2.77. The lowest BCUT2D eigenvalue weighted by Gasteiger charge is -2.22. The van der Waals surface area contributed by atoms with Crippen molar-refractivity contribution in [1.29, 1.82) is 0 Å². The summed E-state index contributed by atoms with van der Waals surface area (Å²) in [6.45, 7) is 1.41. The Morgan fingerprint density at radius 2 is 1.75 bits per heavy atom. The number of hydrogen-bond acceptors (Lipinski definition) is 2. The average molecular weight is 369 g/mol. The minimum Gasteiger partial charge on any atom is -0.316 e. The van der Waals surface area contributed by atoms with Gasteiger partial charge in [-0.2, -0.15) is 5.10 Å². The summed E-state index contributed by atoms with van der Waals surface area (Å²) >= 11 is 0. The summed E-state index contributed by atoms with van der Waals surface area (Å²) in [7, 11) is 2.11. The molecule has 5 heteroatoms. The van der Waals surface area contributed by atoms with Crippen molar-refractivity contribution in [1.82, 2.24) is 9.78 Å². The molecule has 0 spiro atoms. The summed E-state index contributed by atoms with van der Waals surface area (Å²) in [5.41, 5.74) is 4.00. The summed E-state index contributed by atoms with van der Waals surface area (Å²) in [5, 5.41) is 6.66. The predicted octanol–water partition coefficient (Wildman–Crippen LogP) is 2.66. The van der Waals surface area contributed by atoms with Crippen LogP contribution in [0, 0.1) is 0 Å². The fourth-order valence-corrected chi connectivity index (χ4v) is 3.98. The van der Waals surface area contributed by atoms with Crippen molar-refractivity contribution >= 4 is 22.4 Å². The zero-order chi connectivity index (χ0) is 19.1. The second-order valence-corrected chi connectivity index (χ2v) is 7.33. The van der Waals surface area contributed by atoms with Crippen LogP contribution in [0.25, 0.3) is 16.5 Å². The number of amides is 1. The Bertz CT molecular complexity index is 1160. The van der Waals surface area contributed by atoms with E-state index in [1.165, 1.54) is 4.90 Å². The molecule has 138 valence electrons. The highest BCUT2D eigenvalue weighted by atomic mass is 16.2. The Morgan fingerprint density at radius 3 is 2.57 bits per heavy atom. The van der Waals surface area contributed by atoms with Gasteiger partial charge in [0.1, 0.15) is 6.54 Å². The molecular weight excluding hydrogens is 348 g/mol. The minimum atomic E-state index is 0.0890. The molecule has 0 aliphatic carbocycles. The molecule has 28 heavy (non-hydrogen) atoms. The van der Waals surface area contributed by atoms with Crippen LogP contribution in [0.1, 0.15) is 15.9 Å². The van der Waals surface area contributed by atoms with Crippen LogP contribution in [0.3, 0.4) is 0 Å². The van der Waals surface area contributed by atoms with Crippen LogP contribution in [0.15, 0.2) is 79.1 Å². The van der Waals surface area contributed by atoms with Gasteiger partial charge in [0.25, 0.3) is 5.91 Å². The number of anilines is 1. The van der Waals surface area contributed by atoms with Gasteiger partial charge in [0.15, 0.2) is 6.67 Å². The molecule has 0 saturated heterocycles. The fraction of sp³-hybridized carbons (Fsp3) is 0.130. The molecule has 4 aromatic rings. The first-order valence-electron chi connectivity index (χ1n) is 9.44. The molecule has 1 atom stereocenters. The van der Waals surface area contributed by atoms with Crippen LogP contribution < -0.4 is 9.80 Å². The number of quaternary nitrogens is 1. The third-order valence-corrected chi connectivity index (χ3v) is 5.24. The highest BCUT2D eigenvalue weighted by Crippen LogP contribution is 2.36. The summed E-state index contributed by atoms with van der Waals surface area (Å²) in [5.74, 6) is 0.0890. The summed E-state index contributed by atoms with van der Waals surface area (Å²) in [6.07, 6.45) is 3.96. The van der Waals surface area contributed by atoms with Crippen LogP contribution in [-0.4, -0.2) is 29.4 Å². The molecule has 1 amide bonds. The molecular formula is C23H21N4O+. The molecule has 2 heterocycles. The molecule has 1 unspecified atom stereocenters. The van der Waals surface area contributed by atoms with E-state index in [0.29, 0.717) is 6.67 Å². The maximum atomic E-state index is 13.0. The summed E-state index contributed by atoms with van der Waals surface area (Å²) in [6, 6.07) is 22.1. The van der Waals surface area contributed by atoms with Crippen LogP contribution in [-0.2, 0) is 6.54 Å². The highest BCUT2D eigenvalue weighted by Gasteiger charge is 2.31. The van der Waals surface area contributed by atoms with E-state index >= 15 is 0 Å². The molecule has 0 fully saturated rings. The number of nitrogens with one attached hydrogen (secondary N) is 1. The largest absolute Gasteiger partial charge is 0.316 e. The first-order valence-corrected chi connectivity index (χ1v) is 9.44. The van der Waals surface area contributed by atoms with Gasteiger partial charge in [0, 0.05) is 17.1 Å². The predicted molar refractivity (Wildman–Crippen MR) is 110 cm³/mol. The SMILES string of the molecule is C[NH+](Cc1cnn(-c2ccccc2)c1)CN1C(=O)c2cccc3cccc1c23. The summed E-state index contributed by atoms with van der Waals surface area (Å²) < 4.78 is 1.89. The molecule has 1 aliphatic heterocycles. The van der Waals surface area contributed by atoms with E-state index in [1.54, 1.807) is 0 Å². The second kappa shape index (κ2) is 6.62. The fourth-order valence-electron chi connectivity index (χ4n) is 3.98. The Kier molecular flexibility index (Phi) is 3.95. The molecule has 1 N–H and O–H groups in total. The number of rotatable bonds is 5. The van der Waals surface area contributed by atoms with Gasteiger partial charge < -0.3 is 4.90 Å². The first kappa shape index (κ1) is 16.7. The lowest BCUT2D eigenvalue weighted by Crippen LogP contribution is -3.09. The number of para-hydroxylation sites is 1. The van der Waals surface area contributed by atoms with Crippen molar-refractivity contribution < 1.29 is 9.69 Å². The Morgan fingerprint density at radius 1 is 0.964 bits per heavy atom. The van der Waals surface area contributed by atoms with Crippen molar-refractivity contribution in [3.8, 4) is 5.69 Å². The van der Waals surface area contributed by atoms with Crippen LogP contribution in [0.4, 0.5) is 5.69 Å². The topological polar surface area (TPSA) is 42.6 Å². The van der Waals surface area contributed by atoms with E-state index < -0.39 is 0 Å². The summed E-state index contributed by atoms with van der Waals surface area (Å²) in [4.78, 5) is 16.1. The highest BCUT2D eigenvalue weighted by molar-refractivity contribution is 6.24. The molecule has 5 rings (SSSR count). The first-order chi connectivity index (χ1) is 13.7. The van der Waals surface area contributed by atoms with Gasteiger partial charge in [-0.1, -0.05) is 42.5 Å². The molecule has 3 aromatic carbocycles. The second-order valence-electron chi connectivity index (χ2n) is 7.33. The lowest BCUT2D eigenvalue weighted by atomic mass is 10.1. The van der Waals surface area contributed by atoms with Gasteiger partial charge in [0.2, 0.25) is 0 Å². The number of carbonyl (C=O) groups is 1. The molecule has 1 aromatic heterocycles. The van der Waals surface area contributed by atoms with Crippen molar-refractivity contribution in [3.05, 3.63) is 90.3 Å². The quantitative estimate of drug-likeness (QED) is 0.588. The van der Waals surface area contributed by atoms with Crippen LogP contribution >= 0.6 is 0 Å². The smallest absolute Gasteiger partial charge is 0.263 e.